The lowest BCUT2D eigenvalue weighted by Crippen LogP contribution is -2.03. The summed E-state index contributed by atoms with van der Waals surface area (Å²) in [5.74, 6) is 0.605. The van der Waals surface area contributed by atoms with E-state index in [1.807, 2.05) is 36.4 Å². The van der Waals surface area contributed by atoms with Crippen molar-refractivity contribution in [1.82, 2.24) is 19.1 Å². The monoisotopic (exact) mass is 728 g/mol. The number of furan rings is 1. The molecule has 0 aliphatic heterocycles. The lowest BCUT2D eigenvalue weighted by atomic mass is 10.0. The zero-order chi connectivity index (χ0) is 37.5. The molecule has 0 atom stereocenters. The normalized spacial score (nSPS) is 11.9. The highest BCUT2D eigenvalue weighted by molar-refractivity contribution is 6.13. The van der Waals surface area contributed by atoms with E-state index in [-0.39, 0.29) is 0 Å². The largest absolute Gasteiger partial charge is 0.452 e. The first-order valence-corrected chi connectivity index (χ1v) is 19.2. The number of fused-ring (bicyclic) bond motifs is 9. The van der Waals surface area contributed by atoms with Gasteiger partial charge >= 0.3 is 0 Å². The average Bonchev–Trinajstić information content (AvgIpc) is 3.94. The Morgan fingerprint density at radius 1 is 0.351 bits per heavy atom. The quantitative estimate of drug-likeness (QED) is 0.177. The van der Waals surface area contributed by atoms with Crippen LogP contribution in [0.4, 0.5) is 0 Å². The summed E-state index contributed by atoms with van der Waals surface area (Å²) in [7, 11) is 0. The summed E-state index contributed by atoms with van der Waals surface area (Å²) < 4.78 is 11.0. The Balaban J connectivity index is 1.05. The second-order valence-corrected chi connectivity index (χ2v) is 14.6. The zero-order valence-corrected chi connectivity index (χ0v) is 30.7. The van der Waals surface area contributed by atoms with Crippen LogP contribution in [0.5, 0.6) is 0 Å². The van der Waals surface area contributed by atoms with Crippen LogP contribution < -0.4 is 0 Å². The van der Waals surface area contributed by atoms with Crippen LogP contribution in [-0.2, 0) is 0 Å². The van der Waals surface area contributed by atoms with Crippen molar-refractivity contribution in [2.75, 3.05) is 0 Å². The highest BCUT2D eigenvalue weighted by atomic mass is 16.3. The fourth-order valence-corrected chi connectivity index (χ4v) is 8.70. The minimum Gasteiger partial charge on any atom is -0.452 e. The second kappa shape index (κ2) is 12.4. The van der Waals surface area contributed by atoms with Gasteiger partial charge in [-0.1, -0.05) is 140 Å². The number of benzene rings is 8. The molecule has 0 aliphatic rings. The van der Waals surface area contributed by atoms with Gasteiger partial charge in [0.05, 0.1) is 22.1 Å². The van der Waals surface area contributed by atoms with Crippen LogP contribution in [0.3, 0.4) is 0 Å². The maximum absolute atomic E-state index is 6.45. The number of nitrogens with zero attached hydrogens (tertiary/aromatic N) is 4. The molecule has 0 unspecified atom stereocenters. The van der Waals surface area contributed by atoms with Crippen molar-refractivity contribution < 1.29 is 4.42 Å². The summed E-state index contributed by atoms with van der Waals surface area (Å²) in [6.45, 7) is 0. The molecule has 0 saturated heterocycles. The number of hydrogen-bond acceptors (Lipinski definition) is 3. The second-order valence-electron chi connectivity index (χ2n) is 14.6. The Morgan fingerprint density at radius 2 is 0.895 bits per heavy atom. The Kier molecular flexibility index (Phi) is 6.86. The van der Waals surface area contributed by atoms with Gasteiger partial charge < -0.3 is 8.98 Å². The van der Waals surface area contributed by atoms with E-state index < -0.39 is 0 Å². The van der Waals surface area contributed by atoms with Crippen molar-refractivity contribution in [3.05, 3.63) is 194 Å². The van der Waals surface area contributed by atoms with Gasteiger partial charge in [-0.15, -0.1) is 0 Å². The van der Waals surface area contributed by atoms with Gasteiger partial charge in [-0.3, -0.25) is 4.57 Å². The van der Waals surface area contributed by atoms with Gasteiger partial charge in [0.2, 0.25) is 5.95 Å². The number of para-hydroxylation sites is 3. The van der Waals surface area contributed by atoms with Gasteiger partial charge in [0.15, 0.2) is 5.58 Å². The average molecular weight is 729 g/mol. The van der Waals surface area contributed by atoms with Crippen molar-refractivity contribution in [1.29, 1.82) is 0 Å². The molecule has 8 aromatic carbocycles. The van der Waals surface area contributed by atoms with Gasteiger partial charge in [0.1, 0.15) is 16.8 Å². The SMILES string of the molecule is c1ccc(-c2ccc(-n3c4ccccc4c4cc(-c5ccc6c7ccccc7n(-c7nc(-c8ccccc8)c8oc9ccccc9c8n7)c6c5)ccc43)cc2)cc1. The van der Waals surface area contributed by atoms with E-state index in [9.17, 15) is 0 Å². The first-order chi connectivity index (χ1) is 28.3. The lowest BCUT2D eigenvalue weighted by Gasteiger charge is -2.11. The topological polar surface area (TPSA) is 48.8 Å². The molecule has 5 nitrogen and oxygen atoms in total. The number of rotatable bonds is 5. The molecule has 0 saturated carbocycles. The van der Waals surface area contributed by atoms with E-state index >= 15 is 0 Å². The molecular formula is C52H32N4O. The van der Waals surface area contributed by atoms with Crippen molar-refractivity contribution in [3.8, 4) is 45.1 Å². The molecule has 0 radical (unpaired) electrons. The molecule has 0 bridgehead atoms. The molecule has 57 heavy (non-hydrogen) atoms. The van der Waals surface area contributed by atoms with Gasteiger partial charge in [-0.05, 0) is 76.9 Å². The van der Waals surface area contributed by atoms with Crippen LogP contribution in [0.2, 0.25) is 0 Å². The van der Waals surface area contributed by atoms with E-state index in [4.69, 9.17) is 14.4 Å². The molecule has 0 aliphatic carbocycles. The van der Waals surface area contributed by atoms with E-state index in [1.54, 1.807) is 0 Å². The van der Waals surface area contributed by atoms with Crippen LogP contribution >= 0.6 is 0 Å². The highest BCUT2D eigenvalue weighted by Gasteiger charge is 2.22. The standard InChI is InChI=1S/C52H32N4O/c1-3-13-33(14-4-1)34-23-27-38(28-24-34)55-44-20-10-8-18-40(44)43-31-36(26-30-46(43)55)37-25-29-41-39-17-7-11-21-45(39)56(47(41)32-37)52-53-49(35-15-5-2-6-16-35)51-50(54-52)42-19-9-12-22-48(42)57-51/h1-32H. The van der Waals surface area contributed by atoms with Gasteiger partial charge in [0.25, 0.3) is 0 Å². The molecule has 0 spiro atoms. The Hall–Kier alpha value is -7.76. The van der Waals surface area contributed by atoms with E-state index in [0.717, 1.165) is 66.4 Å². The van der Waals surface area contributed by atoms with Crippen molar-refractivity contribution >= 4 is 65.7 Å². The van der Waals surface area contributed by atoms with E-state index in [0.29, 0.717) is 11.5 Å². The Labute approximate surface area is 327 Å². The summed E-state index contributed by atoms with van der Waals surface area (Å²) in [4.78, 5) is 10.6. The molecular weight excluding hydrogens is 697 g/mol. The van der Waals surface area contributed by atoms with Gasteiger partial charge in [0, 0.05) is 38.2 Å². The fraction of sp³-hybridized carbons (Fsp3) is 0. The first-order valence-electron chi connectivity index (χ1n) is 19.2. The predicted octanol–water partition coefficient (Wildman–Crippen LogP) is 13.6. The molecule has 4 heterocycles. The van der Waals surface area contributed by atoms with Crippen molar-refractivity contribution in [2.24, 2.45) is 0 Å². The maximum Gasteiger partial charge on any atom is 0.236 e. The van der Waals surface area contributed by atoms with Gasteiger partial charge in [-0.25, -0.2) is 9.97 Å². The van der Waals surface area contributed by atoms with E-state index in [1.165, 1.54) is 32.9 Å². The predicted molar refractivity (Wildman–Crippen MR) is 234 cm³/mol. The summed E-state index contributed by atoms with van der Waals surface area (Å²) in [5.41, 5.74) is 14.3. The Bertz CT molecular complexity index is 3500. The van der Waals surface area contributed by atoms with Crippen LogP contribution in [-0.4, -0.2) is 19.1 Å². The molecule has 5 heteroatoms. The number of aromatic nitrogens is 4. The molecule has 266 valence electrons. The lowest BCUT2D eigenvalue weighted by molar-refractivity contribution is 0.666. The van der Waals surface area contributed by atoms with Crippen LogP contribution in [0, 0.1) is 0 Å². The van der Waals surface area contributed by atoms with E-state index in [2.05, 4.69) is 167 Å². The van der Waals surface area contributed by atoms with Crippen molar-refractivity contribution in [3.63, 3.8) is 0 Å². The minimum atomic E-state index is 0.605. The fourth-order valence-electron chi connectivity index (χ4n) is 8.70. The molecule has 0 amide bonds. The third kappa shape index (κ3) is 4.89. The summed E-state index contributed by atoms with van der Waals surface area (Å²) in [6.07, 6.45) is 0. The molecule has 4 aromatic heterocycles. The minimum absolute atomic E-state index is 0.605. The van der Waals surface area contributed by atoms with Crippen LogP contribution in [0.25, 0.3) is 111 Å². The summed E-state index contributed by atoms with van der Waals surface area (Å²) in [5, 5.41) is 5.70. The highest BCUT2D eigenvalue weighted by Crippen LogP contribution is 2.40. The third-order valence-corrected chi connectivity index (χ3v) is 11.4. The molecule has 12 rings (SSSR count). The first kappa shape index (κ1) is 31.6. The smallest absolute Gasteiger partial charge is 0.236 e. The van der Waals surface area contributed by atoms with Crippen LogP contribution in [0.1, 0.15) is 0 Å². The molecule has 12 aromatic rings. The summed E-state index contributed by atoms with van der Waals surface area (Å²) in [6, 6.07) is 68.6. The van der Waals surface area contributed by atoms with Crippen LogP contribution in [0.15, 0.2) is 199 Å². The number of hydrogen-bond donors (Lipinski definition) is 0. The third-order valence-electron chi connectivity index (χ3n) is 11.4. The summed E-state index contributed by atoms with van der Waals surface area (Å²) >= 11 is 0. The molecule has 0 N–H and O–H groups in total. The Morgan fingerprint density at radius 3 is 1.67 bits per heavy atom. The maximum atomic E-state index is 6.45. The zero-order valence-electron chi connectivity index (χ0n) is 30.7. The molecule has 0 fully saturated rings. The van der Waals surface area contributed by atoms with Crippen molar-refractivity contribution in [2.45, 2.75) is 0 Å². The van der Waals surface area contributed by atoms with Gasteiger partial charge in [-0.2, -0.15) is 0 Å².